The van der Waals surface area contributed by atoms with Crippen LogP contribution in [0.2, 0.25) is 0 Å². The maximum absolute atomic E-state index is 3.74. The molecule has 0 saturated heterocycles. The molecule has 26 valence electrons. The van der Waals surface area contributed by atoms with Gasteiger partial charge in [0.1, 0.15) is 0 Å². The molecule has 1 aromatic rings. The molecule has 0 radical (unpaired) electrons. The number of aromatic nitrogens is 1. The summed E-state index contributed by atoms with van der Waals surface area (Å²) in [6, 6.07) is 0. The van der Waals surface area contributed by atoms with Crippen molar-refractivity contribution in [3.63, 3.8) is 0 Å². The van der Waals surface area contributed by atoms with E-state index in [4.69, 9.17) is 0 Å². The first-order valence-electron chi connectivity index (χ1n) is 1.32. The van der Waals surface area contributed by atoms with Gasteiger partial charge in [-0.15, -0.1) is 11.3 Å². The first-order valence-corrected chi connectivity index (χ1v) is 2.26. The molecule has 1 rings (SSSR count). The van der Waals surface area contributed by atoms with Crippen molar-refractivity contribution in [2.24, 2.45) is 0 Å². The van der Waals surface area contributed by atoms with Crippen LogP contribution in [0.25, 0.3) is 0 Å². The van der Waals surface area contributed by atoms with E-state index in [0.29, 0.717) is 0 Å². The van der Waals surface area contributed by atoms with E-state index in [1.165, 1.54) is 0 Å². The van der Waals surface area contributed by atoms with Gasteiger partial charge in [0.15, 0.2) is 0 Å². The topological polar surface area (TPSA) is 12.9 Å². The molecule has 1 nitrogen and oxygen atoms in total. The number of hydrogen-bond donors (Lipinski definition) is 0. The number of hydrogen-bond acceptors (Lipinski definition) is 2. The third-order valence-electron chi connectivity index (χ3n) is 0.347. The normalized spacial score (nSPS) is 6.67. The van der Waals surface area contributed by atoms with Crippen molar-refractivity contribution in [1.82, 2.24) is 4.98 Å². The second-order valence-electron chi connectivity index (χ2n) is 0.676. The van der Waals surface area contributed by atoms with Gasteiger partial charge < -0.3 is 0 Å². The second-order valence-corrected chi connectivity index (χ2v) is 1.43. The Kier molecular flexibility index (Phi) is 3.59. The van der Waals surface area contributed by atoms with Gasteiger partial charge in [-0.3, -0.25) is 4.98 Å². The molecular weight excluding hydrogens is 147 g/mol. The quantitative estimate of drug-likeness (QED) is 0.506. The molecule has 0 aliphatic rings. The van der Waals surface area contributed by atoms with Crippen LogP contribution in [0, 0.1) is 0 Å². The fourth-order valence-electron chi connectivity index (χ4n) is 0.176. The van der Waals surface area contributed by atoms with E-state index in [1.807, 2.05) is 5.38 Å². The van der Waals surface area contributed by atoms with Crippen molar-refractivity contribution >= 4 is 11.3 Å². The smallest absolute Gasteiger partial charge is 0.253 e. The molecule has 1 heterocycles. The minimum Gasteiger partial charge on any atom is -0.253 e. The van der Waals surface area contributed by atoms with Gasteiger partial charge in [-0.2, -0.15) is 0 Å². The predicted molar refractivity (Wildman–Crippen MR) is 22.1 cm³/mol. The third-order valence-corrected chi connectivity index (χ3v) is 0.869. The van der Waals surface area contributed by atoms with Crippen molar-refractivity contribution in [1.29, 1.82) is 0 Å². The monoisotopic (exact) mass is 149 g/mol. The molecule has 0 N–H and O–H groups in total. The van der Waals surface area contributed by atoms with Crippen LogP contribution in [0.4, 0.5) is 0 Å². The average Bonchev–Trinajstić information content (AvgIpc) is 1.76. The molecule has 3 heteroatoms. The van der Waals surface area contributed by atoms with Crippen LogP contribution in [0.3, 0.4) is 0 Å². The summed E-state index contributed by atoms with van der Waals surface area (Å²) in [5, 5.41) is 1.93. The predicted octanol–water partition coefficient (Wildman–Crippen LogP) is 1.14. The SMILES string of the molecule is [Zn+2].c1cscn1. The van der Waals surface area contributed by atoms with E-state index < -0.39 is 0 Å². The van der Waals surface area contributed by atoms with Gasteiger partial charge in [0, 0.05) is 11.6 Å². The minimum atomic E-state index is 0. The van der Waals surface area contributed by atoms with Crippen LogP contribution in [0.15, 0.2) is 17.1 Å². The largest absolute Gasteiger partial charge is 2.00 e. The Morgan fingerprint density at radius 3 is 2.50 bits per heavy atom. The van der Waals surface area contributed by atoms with Crippen LogP contribution in [0.5, 0.6) is 0 Å². The summed E-state index contributed by atoms with van der Waals surface area (Å²) in [7, 11) is 0. The van der Waals surface area contributed by atoms with Gasteiger partial charge in [-0.05, 0) is 0 Å². The summed E-state index contributed by atoms with van der Waals surface area (Å²) in [5.74, 6) is 0. The Morgan fingerprint density at radius 1 is 1.50 bits per heavy atom. The molecule has 0 aliphatic carbocycles. The van der Waals surface area contributed by atoms with Crippen molar-refractivity contribution in [2.75, 3.05) is 0 Å². The molecule has 0 fully saturated rings. The molecule has 0 aromatic carbocycles. The molecule has 0 spiro atoms. The van der Waals surface area contributed by atoms with Gasteiger partial charge in [0.05, 0.1) is 5.51 Å². The summed E-state index contributed by atoms with van der Waals surface area (Å²) >= 11 is 1.60. The summed E-state index contributed by atoms with van der Waals surface area (Å²) in [6.07, 6.45) is 1.77. The molecule has 0 amide bonds. The van der Waals surface area contributed by atoms with Gasteiger partial charge in [-0.1, -0.05) is 0 Å². The number of thiazole rings is 1. The van der Waals surface area contributed by atoms with E-state index in [2.05, 4.69) is 4.98 Å². The fourth-order valence-corrected chi connectivity index (χ4v) is 0.527. The number of rotatable bonds is 0. The molecule has 6 heavy (non-hydrogen) atoms. The zero-order valence-corrected chi connectivity index (χ0v) is 7.08. The zero-order valence-electron chi connectivity index (χ0n) is 3.29. The Hall–Kier alpha value is 0.253. The van der Waals surface area contributed by atoms with Crippen molar-refractivity contribution < 1.29 is 19.5 Å². The minimum absolute atomic E-state index is 0. The molecule has 0 unspecified atom stereocenters. The van der Waals surface area contributed by atoms with Crippen LogP contribution in [0.1, 0.15) is 0 Å². The van der Waals surface area contributed by atoms with Gasteiger partial charge in [0.2, 0.25) is 0 Å². The maximum Gasteiger partial charge on any atom is 2.00 e. The molecule has 0 bridgehead atoms. The van der Waals surface area contributed by atoms with Crippen molar-refractivity contribution in [3.8, 4) is 0 Å². The van der Waals surface area contributed by atoms with Crippen LogP contribution in [-0.4, -0.2) is 4.98 Å². The Morgan fingerprint density at radius 2 is 2.33 bits per heavy atom. The summed E-state index contributed by atoms with van der Waals surface area (Å²) < 4.78 is 0. The van der Waals surface area contributed by atoms with Crippen LogP contribution >= 0.6 is 11.3 Å². The van der Waals surface area contributed by atoms with E-state index >= 15 is 0 Å². The van der Waals surface area contributed by atoms with Gasteiger partial charge in [0.25, 0.3) is 0 Å². The molecule has 0 saturated carbocycles. The first kappa shape index (κ1) is 6.25. The van der Waals surface area contributed by atoms with Crippen molar-refractivity contribution in [3.05, 3.63) is 17.1 Å². The van der Waals surface area contributed by atoms with Crippen LogP contribution < -0.4 is 0 Å². The Bertz CT molecular complexity index is 67.3. The van der Waals surface area contributed by atoms with E-state index in [9.17, 15) is 0 Å². The molecule has 0 atom stereocenters. The third kappa shape index (κ3) is 1.63. The fraction of sp³-hybridized carbons (Fsp3) is 0. The molecule has 1 aromatic heterocycles. The van der Waals surface area contributed by atoms with Gasteiger partial charge >= 0.3 is 19.5 Å². The summed E-state index contributed by atoms with van der Waals surface area (Å²) in [5.41, 5.74) is 1.79. The average molecular weight is 151 g/mol. The van der Waals surface area contributed by atoms with E-state index in [-0.39, 0.29) is 19.5 Å². The first-order chi connectivity index (χ1) is 2.50. The maximum atomic E-state index is 3.74. The van der Waals surface area contributed by atoms with Crippen LogP contribution in [-0.2, 0) is 19.5 Å². The standard InChI is InChI=1S/C3H3NS.Zn/c1-2-5-3-4-1;/h1-3H;/q;+2. The van der Waals surface area contributed by atoms with Gasteiger partial charge in [-0.25, -0.2) is 0 Å². The van der Waals surface area contributed by atoms with E-state index in [1.54, 1.807) is 23.0 Å². The Labute approximate surface area is 53.2 Å². The Balaban J connectivity index is 0.000000250. The number of nitrogens with zero attached hydrogens (tertiary/aromatic N) is 1. The summed E-state index contributed by atoms with van der Waals surface area (Å²) in [6.45, 7) is 0. The molecule has 0 aliphatic heterocycles. The summed E-state index contributed by atoms with van der Waals surface area (Å²) in [4.78, 5) is 3.74. The van der Waals surface area contributed by atoms with E-state index in [0.717, 1.165) is 0 Å². The van der Waals surface area contributed by atoms with Crippen molar-refractivity contribution in [2.45, 2.75) is 0 Å². The zero-order chi connectivity index (χ0) is 3.54. The molecular formula is C3H3NSZn+2. The second kappa shape index (κ2) is 3.44.